The van der Waals surface area contributed by atoms with Gasteiger partial charge in [-0.3, -0.25) is 0 Å². The van der Waals surface area contributed by atoms with Crippen LogP contribution in [-0.4, -0.2) is 18.1 Å². The van der Waals surface area contributed by atoms with Crippen LogP contribution in [0.5, 0.6) is 5.75 Å². The van der Waals surface area contributed by atoms with Gasteiger partial charge < -0.3 is 4.74 Å². The molecule has 96 valence electrons. The molecule has 0 heterocycles. The van der Waals surface area contributed by atoms with Crippen molar-refractivity contribution in [2.45, 2.75) is 33.1 Å². The summed E-state index contributed by atoms with van der Waals surface area (Å²) in [4.78, 5) is 0. The minimum Gasteiger partial charge on any atom is -0.493 e. The number of hydrogen-bond donors (Lipinski definition) is 0. The second-order valence-corrected chi connectivity index (χ2v) is 5.75. The van der Waals surface area contributed by atoms with E-state index in [0.717, 1.165) is 24.3 Å². The van der Waals surface area contributed by atoms with E-state index in [1.54, 1.807) is 0 Å². The van der Waals surface area contributed by atoms with Crippen LogP contribution < -0.4 is 4.74 Å². The van der Waals surface area contributed by atoms with Crippen molar-refractivity contribution in [2.24, 2.45) is 0 Å². The van der Waals surface area contributed by atoms with Crippen molar-refractivity contribution < 1.29 is 4.74 Å². The van der Waals surface area contributed by atoms with Gasteiger partial charge in [-0.05, 0) is 48.5 Å². The Morgan fingerprint density at radius 2 is 1.88 bits per heavy atom. The van der Waals surface area contributed by atoms with Crippen molar-refractivity contribution in [1.82, 2.24) is 0 Å². The summed E-state index contributed by atoms with van der Waals surface area (Å²) in [5, 5.41) is 0. The van der Waals surface area contributed by atoms with Gasteiger partial charge in [0.15, 0.2) is 0 Å². The lowest BCUT2D eigenvalue weighted by Gasteiger charge is -2.13. The van der Waals surface area contributed by atoms with Crippen molar-refractivity contribution >= 4 is 23.4 Å². The lowest BCUT2D eigenvalue weighted by molar-refractivity contribution is 0.314. The van der Waals surface area contributed by atoms with E-state index in [4.69, 9.17) is 16.3 Å². The molecule has 0 bridgehead atoms. The van der Waals surface area contributed by atoms with Crippen LogP contribution in [-0.2, 0) is 5.88 Å². The summed E-state index contributed by atoms with van der Waals surface area (Å²) in [7, 11) is 0. The summed E-state index contributed by atoms with van der Waals surface area (Å²) in [6.45, 7) is 7.15. The van der Waals surface area contributed by atoms with Gasteiger partial charge >= 0.3 is 0 Å². The van der Waals surface area contributed by atoms with E-state index in [-0.39, 0.29) is 0 Å². The lowest BCUT2D eigenvalue weighted by Crippen LogP contribution is -2.02. The summed E-state index contributed by atoms with van der Waals surface area (Å²) >= 11 is 7.80. The zero-order valence-corrected chi connectivity index (χ0v) is 12.5. The Labute approximate surface area is 114 Å². The number of thioether (sulfide) groups is 1. The molecule has 1 aromatic rings. The molecule has 3 heteroatoms. The highest BCUT2D eigenvalue weighted by atomic mass is 35.5. The third-order valence-corrected chi connectivity index (χ3v) is 3.85. The molecule has 0 saturated heterocycles. The molecular weight excluding hydrogens is 252 g/mol. The maximum absolute atomic E-state index is 5.86. The fraction of sp³-hybridized carbons (Fsp3) is 0.571. The summed E-state index contributed by atoms with van der Waals surface area (Å²) in [6.07, 6.45) is 1.11. The van der Waals surface area contributed by atoms with Gasteiger partial charge in [0, 0.05) is 5.88 Å². The number of halogens is 1. The normalized spacial score (nSPS) is 10.6. The summed E-state index contributed by atoms with van der Waals surface area (Å²) in [6, 6.07) is 4.21. The molecule has 0 saturated carbocycles. The van der Waals surface area contributed by atoms with E-state index >= 15 is 0 Å². The molecular formula is C14H21ClOS. The summed E-state index contributed by atoms with van der Waals surface area (Å²) in [5.41, 5.74) is 3.53. The maximum Gasteiger partial charge on any atom is 0.125 e. The number of aryl methyl sites for hydroxylation is 2. The topological polar surface area (TPSA) is 9.23 Å². The Kier molecular flexibility index (Phi) is 6.83. The molecule has 0 spiro atoms. The highest BCUT2D eigenvalue weighted by Gasteiger charge is 2.05. The van der Waals surface area contributed by atoms with Gasteiger partial charge in [0.2, 0.25) is 0 Å². The third kappa shape index (κ3) is 4.81. The van der Waals surface area contributed by atoms with Crippen LogP contribution in [0.4, 0.5) is 0 Å². The quantitative estimate of drug-likeness (QED) is 0.531. The molecule has 0 aliphatic carbocycles. The standard InChI is InChI=1S/C14H21ClOS/c1-4-17-7-5-6-16-14-11(2)8-13(10-15)9-12(14)3/h8-9H,4-7,10H2,1-3H3. The van der Waals surface area contributed by atoms with Crippen LogP contribution in [0.1, 0.15) is 30.0 Å². The van der Waals surface area contributed by atoms with E-state index in [9.17, 15) is 0 Å². The minimum atomic E-state index is 0.565. The number of benzene rings is 1. The predicted octanol–water partition coefficient (Wildman–Crippen LogP) is 4.56. The molecule has 0 amide bonds. The van der Waals surface area contributed by atoms with E-state index in [1.807, 2.05) is 11.8 Å². The molecule has 0 aromatic heterocycles. The largest absolute Gasteiger partial charge is 0.493 e. The molecule has 0 atom stereocenters. The fourth-order valence-corrected chi connectivity index (χ4v) is 2.59. The lowest BCUT2D eigenvalue weighted by atomic mass is 10.1. The smallest absolute Gasteiger partial charge is 0.125 e. The van der Waals surface area contributed by atoms with Crippen molar-refractivity contribution in [3.8, 4) is 5.75 Å². The highest BCUT2D eigenvalue weighted by molar-refractivity contribution is 7.99. The molecule has 0 aliphatic heterocycles. The molecule has 1 aromatic carbocycles. The molecule has 0 fully saturated rings. The van der Waals surface area contributed by atoms with Crippen molar-refractivity contribution in [2.75, 3.05) is 18.1 Å². The summed E-state index contributed by atoms with van der Waals surface area (Å²) < 4.78 is 5.86. The zero-order valence-electron chi connectivity index (χ0n) is 10.9. The molecule has 1 rings (SSSR count). The number of alkyl halides is 1. The Bertz CT molecular complexity index is 329. The molecule has 1 nitrogen and oxygen atoms in total. The van der Waals surface area contributed by atoms with Crippen LogP contribution in [0, 0.1) is 13.8 Å². The Morgan fingerprint density at radius 1 is 1.24 bits per heavy atom. The average molecular weight is 273 g/mol. The van der Waals surface area contributed by atoms with Crippen molar-refractivity contribution in [3.63, 3.8) is 0 Å². The van der Waals surface area contributed by atoms with Gasteiger partial charge in [0.05, 0.1) is 6.61 Å². The molecule has 0 radical (unpaired) electrons. The molecule has 17 heavy (non-hydrogen) atoms. The highest BCUT2D eigenvalue weighted by Crippen LogP contribution is 2.25. The van der Waals surface area contributed by atoms with Crippen LogP contribution in [0.3, 0.4) is 0 Å². The predicted molar refractivity (Wildman–Crippen MR) is 78.6 cm³/mol. The van der Waals surface area contributed by atoms with Gasteiger partial charge in [-0.1, -0.05) is 19.1 Å². The molecule has 0 N–H and O–H groups in total. The minimum absolute atomic E-state index is 0.565. The SMILES string of the molecule is CCSCCCOc1c(C)cc(CCl)cc1C. The third-order valence-electron chi connectivity index (χ3n) is 2.56. The first-order valence-corrected chi connectivity index (χ1v) is 7.74. The van der Waals surface area contributed by atoms with E-state index in [1.165, 1.54) is 22.6 Å². The van der Waals surface area contributed by atoms with E-state index < -0.39 is 0 Å². The van der Waals surface area contributed by atoms with Crippen LogP contribution in [0.2, 0.25) is 0 Å². The van der Waals surface area contributed by atoms with E-state index in [2.05, 4.69) is 32.9 Å². The first kappa shape index (κ1) is 14.7. The zero-order chi connectivity index (χ0) is 12.7. The molecule has 0 unspecified atom stereocenters. The number of rotatable bonds is 7. The Hall–Kier alpha value is -0.340. The van der Waals surface area contributed by atoms with Gasteiger partial charge in [-0.2, -0.15) is 11.8 Å². The van der Waals surface area contributed by atoms with Crippen molar-refractivity contribution in [3.05, 3.63) is 28.8 Å². The van der Waals surface area contributed by atoms with Gasteiger partial charge in [0.1, 0.15) is 5.75 Å². The molecule has 0 aliphatic rings. The van der Waals surface area contributed by atoms with Crippen LogP contribution in [0.15, 0.2) is 12.1 Å². The van der Waals surface area contributed by atoms with Crippen molar-refractivity contribution in [1.29, 1.82) is 0 Å². The summed E-state index contributed by atoms with van der Waals surface area (Å²) in [5.74, 6) is 3.95. The maximum atomic E-state index is 5.86. The second kappa shape index (κ2) is 7.88. The van der Waals surface area contributed by atoms with Crippen LogP contribution >= 0.6 is 23.4 Å². The average Bonchev–Trinajstić information content (AvgIpc) is 2.31. The Balaban J connectivity index is 2.53. The number of ether oxygens (including phenoxy) is 1. The monoisotopic (exact) mass is 272 g/mol. The fourth-order valence-electron chi connectivity index (χ4n) is 1.82. The Morgan fingerprint density at radius 3 is 2.41 bits per heavy atom. The first-order chi connectivity index (χ1) is 8.19. The van der Waals surface area contributed by atoms with Gasteiger partial charge in [-0.25, -0.2) is 0 Å². The first-order valence-electron chi connectivity index (χ1n) is 6.05. The second-order valence-electron chi connectivity index (χ2n) is 4.09. The van der Waals surface area contributed by atoms with Gasteiger partial charge in [-0.15, -0.1) is 11.6 Å². The van der Waals surface area contributed by atoms with Gasteiger partial charge in [0.25, 0.3) is 0 Å². The number of hydrogen-bond acceptors (Lipinski definition) is 2. The van der Waals surface area contributed by atoms with E-state index in [0.29, 0.717) is 5.88 Å². The van der Waals surface area contributed by atoms with Crippen LogP contribution in [0.25, 0.3) is 0 Å².